The Morgan fingerprint density at radius 1 is 1.29 bits per heavy atom. The average molecular weight is 293 g/mol. The van der Waals surface area contributed by atoms with Gasteiger partial charge in [-0.15, -0.1) is 0 Å². The fourth-order valence-corrected chi connectivity index (χ4v) is 3.18. The Hall–Kier alpha value is -1.75. The van der Waals surface area contributed by atoms with Gasteiger partial charge in [0.2, 0.25) is 0 Å². The van der Waals surface area contributed by atoms with Crippen LogP contribution < -0.4 is 0 Å². The number of aliphatic carboxylic acids is 1. The summed E-state index contributed by atoms with van der Waals surface area (Å²) >= 11 is 0. The van der Waals surface area contributed by atoms with Gasteiger partial charge >= 0.3 is 5.97 Å². The zero-order valence-corrected chi connectivity index (χ0v) is 12.3. The summed E-state index contributed by atoms with van der Waals surface area (Å²) in [6, 6.07) is 4.92. The van der Waals surface area contributed by atoms with Gasteiger partial charge in [-0.05, 0) is 50.4 Å². The van der Waals surface area contributed by atoms with E-state index in [9.17, 15) is 15.0 Å². The molecular weight excluding hydrogens is 270 g/mol. The summed E-state index contributed by atoms with van der Waals surface area (Å²) in [5.41, 5.74) is 0.856. The van der Waals surface area contributed by atoms with Gasteiger partial charge in [0.05, 0.1) is 0 Å². The quantitative estimate of drug-likeness (QED) is 0.777. The Balaban J connectivity index is 2.13. The lowest BCUT2D eigenvalue weighted by Crippen LogP contribution is -2.41. The van der Waals surface area contributed by atoms with Crippen molar-refractivity contribution in [1.29, 1.82) is 0 Å². The second-order valence-electron chi connectivity index (χ2n) is 5.78. The predicted octanol–water partition coefficient (Wildman–Crippen LogP) is 2.88. The second-order valence-corrected chi connectivity index (χ2v) is 5.78. The Bertz CT molecular complexity index is 483. The molecule has 116 valence electrons. The minimum atomic E-state index is -0.761. The molecule has 0 saturated carbocycles. The minimum absolute atomic E-state index is 0.0436. The molecule has 1 aliphatic heterocycles. The van der Waals surface area contributed by atoms with E-state index in [-0.39, 0.29) is 30.0 Å². The van der Waals surface area contributed by atoms with Crippen LogP contribution >= 0.6 is 0 Å². The third-order valence-electron chi connectivity index (χ3n) is 4.27. The minimum Gasteiger partial charge on any atom is -0.508 e. The van der Waals surface area contributed by atoms with Gasteiger partial charge in [0.15, 0.2) is 0 Å². The van der Waals surface area contributed by atoms with Crippen LogP contribution in [0.15, 0.2) is 18.2 Å². The third-order valence-corrected chi connectivity index (χ3v) is 4.27. The standard InChI is InChI=1S/C16H23NO4/c1-11(12-8-14(18)10-15(19)9-12)17-7-3-2-4-13(17)5-6-16(20)21/h8-11,13,18-19H,2-7H2,1H3,(H,20,21). The number of likely N-dealkylation sites (tertiary alicyclic amines) is 1. The van der Waals surface area contributed by atoms with E-state index < -0.39 is 5.97 Å². The lowest BCUT2D eigenvalue weighted by Gasteiger charge is -2.40. The van der Waals surface area contributed by atoms with Crippen LogP contribution in [0.2, 0.25) is 0 Å². The van der Waals surface area contributed by atoms with Gasteiger partial charge in [-0.3, -0.25) is 9.69 Å². The molecule has 1 aromatic rings. The highest BCUT2D eigenvalue weighted by molar-refractivity contribution is 5.66. The summed E-state index contributed by atoms with van der Waals surface area (Å²) in [5, 5.41) is 28.1. The number of phenols is 2. The van der Waals surface area contributed by atoms with Crippen LogP contribution in [0.3, 0.4) is 0 Å². The zero-order valence-electron chi connectivity index (χ0n) is 12.3. The number of carboxylic acids is 1. The highest BCUT2D eigenvalue weighted by Crippen LogP contribution is 2.33. The van der Waals surface area contributed by atoms with E-state index in [1.165, 1.54) is 6.07 Å². The predicted molar refractivity (Wildman–Crippen MR) is 79.4 cm³/mol. The van der Waals surface area contributed by atoms with Gasteiger partial charge in [-0.2, -0.15) is 0 Å². The Labute approximate surface area is 124 Å². The molecule has 1 aliphatic rings. The molecule has 5 nitrogen and oxygen atoms in total. The summed E-state index contributed by atoms with van der Waals surface area (Å²) in [7, 11) is 0. The Kier molecular flexibility index (Phi) is 5.07. The van der Waals surface area contributed by atoms with Crippen LogP contribution in [0.25, 0.3) is 0 Å². The number of phenolic OH excluding ortho intramolecular Hbond substituents is 2. The second kappa shape index (κ2) is 6.80. The smallest absolute Gasteiger partial charge is 0.303 e. The largest absolute Gasteiger partial charge is 0.508 e. The van der Waals surface area contributed by atoms with Gasteiger partial charge in [-0.25, -0.2) is 0 Å². The molecule has 1 heterocycles. The van der Waals surface area contributed by atoms with Crippen LogP contribution in [0.5, 0.6) is 11.5 Å². The lowest BCUT2D eigenvalue weighted by atomic mass is 9.94. The molecule has 3 N–H and O–H groups in total. The number of benzene rings is 1. The van der Waals surface area contributed by atoms with Crippen molar-refractivity contribution in [2.45, 2.75) is 51.1 Å². The molecule has 2 atom stereocenters. The number of hydrogen-bond donors (Lipinski definition) is 3. The first-order valence-electron chi connectivity index (χ1n) is 7.48. The topological polar surface area (TPSA) is 81.0 Å². The molecule has 0 bridgehead atoms. The summed E-state index contributed by atoms with van der Waals surface area (Å²) in [5.74, 6) is -0.657. The molecule has 21 heavy (non-hydrogen) atoms. The number of piperidine rings is 1. The van der Waals surface area contributed by atoms with E-state index in [2.05, 4.69) is 4.90 Å². The van der Waals surface area contributed by atoms with E-state index in [4.69, 9.17) is 5.11 Å². The highest BCUT2D eigenvalue weighted by atomic mass is 16.4. The average Bonchev–Trinajstić information content (AvgIpc) is 2.43. The molecule has 1 aromatic carbocycles. The molecule has 0 amide bonds. The van der Waals surface area contributed by atoms with Crippen LogP contribution in [-0.2, 0) is 4.79 Å². The van der Waals surface area contributed by atoms with Crippen molar-refractivity contribution in [2.24, 2.45) is 0 Å². The molecular formula is C16H23NO4. The van der Waals surface area contributed by atoms with E-state index in [0.717, 1.165) is 31.4 Å². The van der Waals surface area contributed by atoms with Crippen molar-refractivity contribution in [3.63, 3.8) is 0 Å². The maximum atomic E-state index is 10.8. The zero-order chi connectivity index (χ0) is 15.4. The summed E-state index contributed by atoms with van der Waals surface area (Å²) in [4.78, 5) is 13.1. The van der Waals surface area contributed by atoms with Crippen molar-refractivity contribution in [2.75, 3.05) is 6.54 Å². The fraction of sp³-hybridized carbons (Fsp3) is 0.562. The van der Waals surface area contributed by atoms with Gasteiger partial charge in [0, 0.05) is 24.6 Å². The Morgan fingerprint density at radius 3 is 2.57 bits per heavy atom. The molecule has 5 heteroatoms. The number of nitrogens with zero attached hydrogens (tertiary/aromatic N) is 1. The van der Waals surface area contributed by atoms with Crippen molar-refractivity contribution in [1.82, 2.24) is 4.90 Å². The molecule has 2 unspecified atom stereocenters. The molecule has 0 aliphatic carbocycles. The van der Waals surface area contributed by atoms with Gasteiger partial charge in [0.25, 0.3) is 0 Å². The van der Waals surface area contributed by atoms with E-state index in [0.29, 0.717) is 6.42 Å². The molecule has 2 rings (SSSR count). The molecule has 1 fully saturated rings. The van der Waals surface area contributed by atoms with Crippen molar-refractivity contribution >= 4 is 5.97 Å². The Morgan fingerprint density at radius 2 is 1.95 bits per heavy atom. The van der Waals surface area contributed by atoms with Crippen LogP contribution in [-0.4, -0.2) is 38.8 Å². The van der Waals surface area contributed by atoms with Crippen LogP contribution in [0.4, 0.5) is 0 Å². The third kappa shape index (κ3) is 4.11. The highest BCUT2D eigenvalue weighted by Gasteiger charge is 2.28. The number of hydrogen-bond acceptors (Lipinski definition) is 4. The first-order valence-corrected chi connectivity index (χ1v) is 7.48. The van der Waals surface area contributed by atoms with Gasteiger partial charge in [-0.1, -0.05) is 6.42 Å². The lowest BCUT2D eigenvalue weighted by molar-refractivity contribution is -0.137. The van der Waals surface area contributed by atoms with Gasteiger partial charge in [0.1, 0.15) is 11.5 Å². The normalized spacial score (nSPS) is 21.1. The summed E-state index contributed by atoms with van der Waals surface area (Å²) in [6.07, 6.45) is 4.05. The summed E-state index contributed by atoms with van der Waals surface area (Å²) in [6.45, 7) is 2.95. The van der Waals surface area contributed by atoms with Crippen molar-refractivity contribution in [3.05, 3.63) is 23.8 Å². The number of carboxylic acid groups (broad SMARTS) is 1. The maximum Gasteiger partial charge on any atom is 0.303 e. The van der Waals surface area contributed by atoms with Crippen LogP contribution in [0.1, 0.15) is 50.6 Å². The van der Waals surface area contributed by atoms with Crippen molar-refractivity contribution in [3.8, 4) is 11.5 Å². The monoisotopic (exact) mass is 293 g/mol. The van der Waals surface area contributed by atoms with Gasteiger partial charge < -0.3 is 15.3 Å². The van der Waals surface area contributed by atoms with Crippen LogP contribution in [0, 0.1) is 0 Å². The molecule has 0 spiro atoms. The maximum absolute atomic E-state index is 10.8. The molecule has 0 aromatic heterocycles. The summed E-state index contributed by atoms with van der Waals surface area (Å²) < 4.78 is 0. The SMILES string of the molecule is CC(c1cc(O)cc(O)c1)N1CCCCC1CCC(=O)O. The number of rotatable bonds is 5. The first kappa shape index (κ1) is 15.6. The number of aromatic hydroxyl groups is 2. The van der Waals surface area contributed by atoms with E-state index in [1.807, 2.05) is 6.92 Å². The molecule has 0 radical (unpaired) electrons. The van der Waals surface area contributed by atoms with E-state index >= 15 is 0 Å². The van der Waals surface area contributed by atoms with Crippen molar-refractivity contribution < 1.29 is 20.1 Å². The number of carbonyl (C=O) groups is 1. The first-order chi connectivity index (χ1) is 9.97. The molecule has 1 saturated heterocycles. The van der Waals surface area contributed by atoms with E-state index in [1.54, 1.807) is 12.1 Å². The fourth-order valence-electron chi connectivity index (χ4n) is 3.18.